The molecule has 0 spiro atoms. The van der Waals surface area contributed by atoms with Crippen molar-refractivity contribution >= 4 is 46.6 Å². The Bertz CT molecular complexity index is 1020. The number of anilines is 1. The Hall–Kier alpha value is -2.77. The molecule has 2 heterocycles. The van der Waals surface area contributed by atoms with Crippen LogP contribution in [0.25, 0.3) is 0 Å². The van der Waals surface area contributed by atoms with Crippen LogP contribution in [0.1, 0.15) is 40.5 Å². The van der Waals surface area contributed by atoms with Gasteiger partial charge in [0.25, 0.3) is 11.8 Å². The lowest BCUT2D eigenvalue weighted by Gasteiger charge is -2.35. The van der Waals surface area contributed by atoms with Gasteiger partial charge in [-0.2, -0.15) is 0 Å². The molecular weight excluding hydrogens is 453 g/mol. The molecular formula is C23H23Cl2N3O4. The molecule has 1 fully saturated rings. The van der Waals surface area contributed by atoms with Crippen LogP contribution in [-0.4, -0.2) is 54.9 Å². The van der Waals surface area contributed by atoms with E-state index in [1.807, 2.05) is 24.3 Å². The monoisotopic (exact) mass is 475 g/mol. The Morgan fingerprint density at radius 1 is 1.03 bits per heavy atom. The highest BCUT2D eigenvalue weighted by atomic mass is 35.5. The van der Waals surface area contributed by atoms with E-state index in [4.69, 9.17) is 27.9 Å². The number of nitrogens with one attached hydrogen (secondary N) is 1. The quantitative estimate of drug-likeness (QED) is 0.665. The van der Waals surface area contributed by atoms with Gasteiger partial charge in [0.1, 0.15) is 11.8 Å². The van der Waals surface area contributed by atoms with E-state index in [2.05, 4.69) is 10.2 Å². The minimum absolute atomic E-state index is 0.0291. The predicted molar refractivity (Wildman–Crippen MR) is 123 cm³/mol. The number of hydrogen-bond acceptors (Lipinski definition) is 5. The molecule has 7 nitrogen and oxygen atoms in total. The molecule has 0 saturated carbocycles. The minimum atomic E-state index is -0.945. The van der Waals surface area contributed by atoms with Crippen LogP contribution in [0.4, 0.5) is 5.69 Å². The zero-order valence-electron chi connectivity index (χ0n) is 17.7. The van der Waals surface area contributed by atoms with E-state index in [9.17, 15) is 14.4 Å². The van der Waals surface area contributed by atoms with E-state index in [0.717, 1.165) is 42.3 Å². The molecule has 2 aromatic carbocycles. The van der Waals surface area contributed by atoms with Crippen LogP contribution in [0.3, 0.4) is 0 Å². The molecule has 1 atom stereocenters. The first-order valence-corrected chi connectivity index (χ1v) is 11.1. The molecule has 0 aliphatic carbocycles. The number of carbonyl (C=O) groups is 3. The molecule has 0 aromatic heterocycles. The summed E-state index contributed by atoms with van der Waals surface area (Å²) in [6.45, 7) is 3.12. The minimum Gasteiger partial charge on any atom is -0.497 e. The summed E-state index contributed by atoms with van der Waals surface area (Å²) in [6.07, 6.45) is 1.52. The summed E-state index contributed by atoms with van der Waals surface area (Å²) in [6, 6.07) is 9.65. The standard InChI is InChI=1S/C23H23Cl2N3O4/c1-13(28-22(30)17-11-19(24)20(25)12-18(17)23(28)31)21(29)26-14-7-9-27(10-8-14)15-3-5-16(32-2)6-4-15/h3-6,11-14H,7-10H2,1-2H3,(H,26,29). The number of halogens is 2. The van der Waals surface area contributed by atoms with E-state index in [0.29, 0.717) is 0 Å². The SMILES string of the molecule is COc1ccc(N2CCC(NC(=O)C(C)N3C(=O)c4cc(Cl)c(Cl)cc4C3=O)CC2)cc1. The molecule has 1 saturated heterocycles. The third-order valence-corrected chi connectivity index (χ3v) is 6.73. The lowest BCUT2D eigenvalue weighted by atomic mass is 10.0. The van der Waals surface area contributed by atoms with Gasteiger partial charge in [0.15, 0.2) is 0 Å². The third kappa shape index (κ3) is 4.14. The molecule has 0 radical (unpaired) electrons. The number of methoxy groups -OCH3 is 1. The molecule has 1 N–H and O–H groups in total. The summed E-state index contributed by atoms with van der Waals surface area (Å²) in [4.78, 5) is 41.6. The second kappa shape index (κ2) is 9.00. The van der Waals surface area contributed by atoms with Crippen molar-refractivity contribution in [3.05, 3.63) is 57.6 Å². The number of benzene rings is 2. The van der Waals surface area contributed by atoms with Crippen molar-refractivity contribution in [3.8, 4) is 5.75 Å². The summed E-state index contributed by atoms with van der Waals surface area (Å²) in [5.74, 6) is -0.636. The number of rotatable bonds is 5. The van der Waals surface area contributed by atoms with Gasteiger partial charge in [-0.1, -0.05) is 23.2 Å². The summed E-state index contributed by atoms with van der Waals surface area (Å²) in [5, 5.41) is 3.37. The highest BCUT2D eigenvalue weighted by Gasteiger charge is 2.41. The van der Waals surface area contributed by atoms with Gasteiger partial charge in [-0.15, -0.1) is 0 Å². The smallest absolute Gasteiger partial charge is 0.262 e. The Labute approximate surface area is 196 Å². The first-order valence-electron chi connectivity index (χ1n) is 10.4. The predicted octanol–water partition coefficient (Wildman–Crippen LogP) is 3.77. The largest absolute Gasteiger partial charge is 0.497 e. The molecule has 3 amide bonds. The average molecular weight is 476 g/mol. The number of imide groups is 1. The van der Waals surface area contributed by atoms with E-state index < -0.39 is 17.9 Å². The van der Waals surface area contributed by atoms with E-state index in [-0.39, 0.29) is 33.1 Å². The van der Waals surface area contributed by atoms with Crippen molar-refractivity contribution in [3.63, 3.8) is 0 Å². The van der Waals surface area contributed by atoms with Crippen LogP contribution in [0.15, 0.2) is 36.4 Å². The zero-order chi connectivity index (χ0) is 23.0. The summed E-state index contributed by atoms with van der Waals surface area (Å²) in [7, 11) is 1.64. The molecule has 9 heteroatoms. The summed E-state index contributed by atoms with van der Waals surface area (Å²) < 4.78 is 5.20. The number of fused-ring (bicyclic) bond motifs is 1. The van der Waals surface area contributed by atoms with Gasteiger partial charge < -0.3 is 15.0 Å². The fourth-order valence-corrected chi connectivity index (χ4v) is 4.45. The van der Waals surface area contributed by atoms with Crippen LogP contribution in [-0.2, 0) is 4.79 Å². The van der Waals surface area contributed by atoms with Gasteiger partial charge in [0, 0.05) is 24.8 Å². The molecule has 168 valence electrons. The highest BCUT2D eigenvalue weighted by molar-refractivity contribution is 6.43. The molecule has 0 bridgehead atoms. The van der Waals surface area contributed by atoms with Crippen LogP contribution in [0.5, 0.6) is 5.75 Å². The van der Waals surface area contributed by atoms with E-state index in [1.54, 1.807) is 14.0 Å². The molecule has 2 aliphatic heterocycles. The Balaban J connectivity index is 1.36. The lowest BCUT2D eigenvalue weighted by molar-refractivity contribution is -0.125. The van der Waals surface area contributed by atoms with Gasteiger partial charge in [0.05, 0.1) is 28.3 Å². The number of nitrogens with zero attached hydrogens (tertiary/aromatic N) is 2. The maximum atomic E-state index is 12.9. The van der Waals surface area contributed by atoms with Gasteiger partial charge in [-0.05, 0) is 56.2 Å². The first kappa shape index (κ1) is 22.4. The second-order valence-electron chi connectivity index (χ2n) is 7.94. The highest BCUT2D eigenvalue weighted by Crippen LogP contribution is 2.32. The topological polar surface area (TPSA) is 79.0 Å². The first-order chi connectivity index (χ1) is 15.3. The maximum Gasteiger partial charge on any atom is 0.262 e. The Morgan fingerprint density at radius 3 is 2.06 bits per heavy atom. The van der Waals surface area contributed by atoms with Crippen molar-refractivity contribution in [1.29, 1.82) is 0 Å². The molecule has 1 unspecified atom stereocenters. The van der Waals surface area contributed by atoms with E-state index >= 15 is 0 Å². The van der Waals surface area contributed by atoms with Crippen LogP contribution in [0, 0.1) is 0 Å². The summed E-state index contributed by atoms with van der Waals surface area (Å²) in [5.41, 5.74) is 1.43. The van der Waals surface area contributed by atoms with Gasteiger partial charge in [-0.3, -0.25) is 19.3 Å². The number of piperidine rings is 1. The molecule has 4 rings (SSSR count). The summed E-state index contributed by atoms with van der Waals surface area (Å²) >= 11 is 12.0. The fourth-order valence-electron chi connectivity index (χ4n) is 4.12. The van der Waals surface area contributed by atoms with Crippen molar-refractivity contribution in [2.45, 2.75) is 31.8 Å². The van der Waals surface area contributed by atoms with Crippen molar-refractivity contribution in [2.75, 3.05) is 25.1 Å². The Morgan fingerprint density at radius 2 is 1.56 bits per heavy atom. The van der Waals surface area contributed by atoms with Crippen molar-refractivity contribution < 1.29 is 19.1 Å². The average Bonchev–Trinajstić information content (AvgIpc) is 3.03. The lowest BCUT2D eigenvalue weighted by Crippen LogP contribution is -2.52. The zero-order valence-corrected chi connectivity index (χ0v) is 19.2. The molecule has 32 heavy (non-hydrogen) atoms. The number of amides is 3. The van der Waals surface area contributed by atoms with E-state index in [1.165, 1.54) is 12.1 Å². The van der Waals surface area contributed by atoms with Crippen LogP contribution in [0.2, 0.25) is 10.0 Å². The van der Waals surface area contributed by atoms with Gasteiger partial charge in [0.2, 0.25) is 5.91 Å². The van der Waals surface area contributed by atoms with Crippen LogP contribution < -0.4 is 15.0 Å². The normalized spacial score (nSPS) is 17.4. The molecule has 2 aliphatic rings. The third-order valence-electron chi connectivity index (χ3n) is 6.00. The second-order valence-corrected chi connectivity index (χ2v) is 8.75. The van der Waals surface area contributed by atoms with Gasteiger partial charge >= 0.3 is 0 Å². The van der Waals surface area contributed by atoms with Crippen molar-refractivity contribution in [2.24, 2.45) is 0 Å². The maximum absolute atomic E-state index is 12.9. The Kier molecular flexibility index (Phi) is 6.31. The molecule has 2 aromatic rings. The fraction of sp³-hybridized carbons (Fsp3) is 0.348. The number of hydrogen-bond donors (Lipinski definition) is 1. The number of carbonyl (C=O) groups excluding carboxylic acids is 3. The van der Waals surface area contributed by atoms with Crippen LogP contribution >= 0.6 is 23.2 Å². The van der Waals surface area contributed by atoms with Crippen molar-refractivity contribution in [1.82, 2.24) is 10.2 Å². The van der Waals surface area contributed by atoms with Gasteiger partial charge in [-0.25, -0.2) is 0 Å². The number of ether oxygens (including phenoxy) is 1.